The lowest BCUT2D eigenvalue weighted by atomic mass is 10.4. The third-order valence-electron chi connectivity index (χ3n) is 1.71. The second-order valence-corrected chi connectivity index (χ2v) is 6.05. The number of hydrogen-bond donors (Lipinski definition) is 1. The van der Waals surface area contributed by atoms with E-state index in [4.69, 9.17) is 5.11 Å². The van der Waals surface area contributed by atoms with Crippen molar-refractivity contribution in [3.8, 4) is 0 Å². The van der Waals surface area contributed by atoms with Gasteiger partial charge in [0.05, 0.1) is 13.4 Å². The van der Waals surface area contributed by atoms with Gasteiger partial charge in [-0.15, -0.1) is 22.7 Å². The van der Waals surface area contributed by atoms with Crippen molar-refractivity contribution in [1.29, 1.82) is 0 Å². The Morgan fingerprint density at radius 2 is 2.25 bits per heavy atom. The van der Waals surface area contributed by atoms with Gasteiger partial charge in [-0.1, -0.05) is 6.92 Å². The Morgan fingerprint density at radius 3 is 2.75 bits per heavy atom. The Morgan fingerprint density at radius 1 is 1.62 bits per heavy atom. The average molecular weight is 321 g/mol. The molecule has 86 valence electrons. The number of carbonyl (C=O) groups is 2. The molecule has 1 N–H and O–H groups in total. The lowest BCUT2D eigenvalue weighted by molar-refractivity contribution is -0.136. The maximum Gasteiger partial charge on any atom is 0.303 e. The van der Waals surface area contributed by atoms with E-state index in [0.29, 0.717) is 0 Å². The largest absolute Gasteiger partial charge is 0.481 e. The molecule has 2 aromatic rings. The van der Waals surface area contributed by atoms with Crippen LogP contribution in [0.4, 0.5) is 0 Å². The fourth-order valence-corrected chi connectivity index (χ4v) is 3.77. The molecular formula is C10H9BrO3S2. The maximum absolute atomic E-state index is 10.5. The van der Waals surface area contributed by atoms with Crippen LogP contribution in [-0.4, -0.2) is 17.4 Å². The molecule has 0 aliphatic heterocycles. The Bertz CT molecular complexity index is 501. The van der Waals surface area contributed by atoms with Gasteiger partial charge in [0.2, 0.25) is 0 Å². The number of carboxylic acid groups (broad SMARTS) is 1. The van der Waals surface area contributed by atoms with E-state index in [-0.39, 0.29) is 6.42 Å². The highest BCUT2D eigenvalue weighted by Crippen LogP contribution is 2.37. The molecule has 2 rings (SSSR count). The highest BCUT2D eigenvalue weighted by Gasteiger charge is 2.08. The van der Waals surface area contributed by atoms with Gasteiger partial charge in [0.1, 0.15) is 0 Å². The highest BCUT2D eigenvalue weighted by molar-refractivity contribution is 9.11. The van der Waals surface area contributed by atoms with Gasteiger partial charge in [-0.2, -0.15) is 0 Å². The fourth-order valence-electron chi connectivity index (χ4n) is 0.930. The number of aliphatic carboxylic acids is 1. The number of halogens is 1. The van der Waals surface area contributed by atoms with Crippen LogP contribution in [-0.2, 0) is 4.79 Å². The summed E-state index contributed by atoms with van der Waals surface area (Å²) in [5.41, 5.74) is 0. The van der Waals surface area contributed by atoms with Crippen molar-refractivity contribution in [2.75, 3.05) is 0 Å². The standard InChI is InChI=1S/C7H3BrOS2.C3H6O2/c8-7-4-1-2-10-6(4)5(3-9)11-7;1-2-3(4)5/h1-3H;2H2,1H3,(H,4,5). The molecule has 0 aromatic carbocycles. The summed E-state index contributed by atoms with van der Waals surface area (Å²) in [5.74, 6) is -0.745. The predicted octanol–water partition coefficient (Wildman–Crippen LogP) is 4.02. The number of hydrogen-bond acceptors (Lipinski definition) is 4. The highest BCUT2D eigenvalue weighted by atomic mass is 79.9. The van der Waals surface area contributed by atoms with Crippen molar-refractivity contribution in [2.45, 2.75) is 13.3 Å². The van der Waals surface area contributed by atoms with E-state index in [2.05, 4.69) is 15.9 Å². The topological polar surface area (TPSA) is 54.4 Å². The third-order valence-corrected chi connectivity index (χ3v) is 4.62. The zero-order chi connectivity index (χ0) is 12.1. The molecule has 3 nitrogen and oxygen atoms in total. The summed E-state index contributed by atoms with van der Waals surface area (Å²) in [5, 5.41) is 10.9. The van der Waals surface area contributed by atoms with Crippen LogP contribution in [0.3, 0.4) is 0 Å². The van der Waals surface area contributed by atoms with Crippen LogP contribution in [0, 0.1) is 0 Å². The van der Waals surface area contributed by atoms with E-state index in [0.717, 1.165) is 25.0 Å². The third kappa shape index (κ3) is 3.13. The maximum atomic E-state index is 10.5. The van der Waals surface area contributed by atoms with Crippen LogP contribution in [0.5, 0.6) is 0 Å². The lowest BCUT2D eigenvalue weighted by Gasteiger charge is -1.74. The van der Waals surface area contributed by atoms with Crippen LogP contribution < -0.4 is 0 Å². The molecule has 0 aliphatic carbocycles. The molecular weight excluding hydrogens is 312 g/mol. The van der Waals surface area contributed by atoms with E-state index in [1.165, 1.54) is 11.3 Å². The summed E-state index contributed by atoms with van der Waals surface area (Å²) >= 11 is 6.51. The number of thiophene rings is 2. The van der Waals surface area contributed by atoms with Crippen LogP contribution in [0.2, 0.25) is 0 Å². The van der Waals surface area contributed by atoms with Gasteiger partial charge in [0.15, 0.2) is 6.29 Å². The SMILES string of the molecule is CCC(=O)O.O=Cc1sc(Br)c2ccsc12. The fraction of sp³-hybridized carbons (Fsp3) is 0.200. The smallest absolute Gasteiger partial charge is 0.303 e. The normalized spacial score (nSPS) is 9.62. The van der Waals surface area contributed by atoms with E-state index in [1.54, 1.807) is 18.3 Å². The first-order valence-electron chi connectivity index (χ1n) is 4.42. The first-order valence-corrected chi connectivity index (χ1v) is 6.91. The van der Waals surface area contributed by atoms with Gasteiger partial charge < -0.3 is 5.11 Å². The first-order chi connectivity index (χ1) is 7.60. The summed E-state index contributed by atoms with van der Waals surface area (Å²) in [4.78, 5) is 20.7. The van der Waals surface area contributed by atoms with E-state index >= 15 is 0 Å². The van der Waals surface area contributed by atoms with Crippen molar-refractivity contribution in [3.63, 3.8) is 0 Å². The molecule has 0 unspecified atom stereocenters. The summed E-state index contributed by atoms with van der Waals surface area (Å²) in [6.45, 7) is 1.60. The number of aldehydes is 1. The van der Waals surface area contributed by atoms with E-state index < -0.39 is 5.97 Å². The molecule has 0 saturated heterocycles. The van der Waals surface area contributed by atoms with E-state index in [1.807, 2.05) is 11.4 Å². The number of carboxylic acids is 1. The molecule has 0 atom stereocenters. The van der Waals surface area contributed by atoms with Gasteiger partial charge in [-0.3, -0.25) is 9.59 Å². The zero-order valence-corrected chi connectivity index (χ0v) is 11.6. The summed E-state index contributed by atoms with van der Waals surface area (Å²) in [6, 6.07) is 2.02. The molecule has 0 spiro atoms. The van der Waals surface area contributed by atoms with Crippen molar-refractivity contribution < 1.29 is 14.7 Å². The molecule has 0 saturated carbocycles. The van der Waals surface area contributed by atoms with Crippen LogP contribution in [0.15, 0.2) is 15.2 Å². The Kier molecular flexibility index (Phi) is 5.11. The number of rotatable bonds is 2. The Balaban J connectivity index is 0.000000221. The predicted molar refractivity (Wildman–Crippen MR) is 70.7 cm³/mol. The molecule has 16 heavy (non-hydrogen) atoms. The second-order valence-electron chi connectivity index (χ2n) is 2.77. The molecule has 0 radical (unpaired) electrons. The van der Waals surface area contributed by atoms with Gasteiger partial charge in [0.25, 0.3) is 0 Å². The van der Waals surface area contributed by atoms with Crippen LogP contribution in [0.1, 0.15) is 23.0 Å². The van der Waals surface area contributed by atoms with Gasteiger partial charge in [0, 0.05) is 11.8 Å². The molecule has 0 aliphatic rings. The minimum atomic E-state index is -0.745. The molecule has 0 amide bonds. The van der Waals surface area contributed by atoms with Crippen LogP contribution in [0.25, 0.3) is 10.1 Å². The van der Waals surface area contributed by atoms with Gasteiger partial charge in [-0.25, -0.2) is 0 Å². The van der Waals surface area contributed by atoms with Gasteiger partial charge in [-0.05, 0) is 27.4 Å². The Labute approximate surface area is 109 Å². The first kappa shape index (κ1) is 13.3. The van der Waals surface area contributed by atoms with Crippen LogP contribution >= 0.6 is 38.6 Å². The molecule has 2 heterocycles. The lowest BCUT2D eigenvalue weighted by Crippen LogP contribution is -1.86. The quantitative estimate of drug-likeness (QED) is 0.850. The molecule has 6 heteroatoms. The summed E-state index contributed by atoms with van der Waals surface area (Å²) in [6.07, 6.45) is 1.13. The van der Waals surface area contributed by atoms with Crippen molar-refractivity contribution in [3.05, 3.63) is 20.1 Å². The minimum Gasteiger partial charge on any atom is -0.481 e. The minimum absolute atomic E-state index is 0.222. The monoisotopic (exact) mass is 320 g/mol. The van der Waals surface area contributed by atoms with Crippen molar-refractivity contribution in [1.82, 2.24) is 0 Å². The Hall–Kier alpha value is -0.720. The number of carbonyl (C=O) groups excluding carboxylic acids is 1. The molecule has 2 aromatic heterocycles. The second kappa shape index (κ2) is 6.12. The zero-order valence-electron chi connectivity index (χ0n) is 8.40. The molecule has 0 fully saturated rings. The van der Waals surface area contributed by atoms with Crippen molar-refractivity contribution in [2.24, 2.45) is 0 Å². The van der Waals surface area contributed by atoms with Gasteiger partial charge >= 0.3 is 5.97 Å². The van der Waals surface area contributed by atoms with Crippen molar-refractivity contribution >= 4 is 60.9 Å². The number of fused-ring (bicyclic) bond motifs is 1. The summed E-state index contributed by atoms with van der Waals surface area (Å²) < 4.78 is 2.15. The summed E-state index contributed by atoms with van der Waals surface area (Å²) in [7, 11) is 0. The van der Waals surface area contributed by atoms with E-state index in [9.17, 15) is 9.59 Å². The average Bonchev–Trinajstić information content (AvgIpc) is 2.83. The molecule has 0 bridgehead atoms.